The van der Waals surface area contributed by atoms with Gasteiger partial charge in [-0.05, 0) is 24.3 Å². The first kappa shape index (κ1) is 14.0. The summed E-state index contributed by atoms with van der Waals surface area (Å²) in [6.45, 7) is 0. The van der Waals surface area contributed by atoms with Crippen LogP contribution in [0.1, 0.15) is 16.8 Å². The molecule has 1 heterocycles. The molecule has 1 aromatic carbocycles. The van der Waals surface area contributed by atoms with Gasteiger partial charge >= 0.3 is 6.18 Å². The number of anilines is 1. The number of halogens is 3. The van der Waals surface area contributed by atoms with E-state index in [0.717, 1.165) is 12.1 Å². The van der Waals surface area contributed by atoms with E-state index in [-0.39, 0.29) is 10.7 Å². The maximum absolute atomic E-state index is 12.8. The second-order valence-corrected chi connectivity index (χ2v) is 4.20. The second kappa shape index (κ2) is 5.30. The van der Waals surface area contributed by atoms with Crippen molar-refractivity contribution in [2.75, 3.05) is 5.32 Å². The predicted molar refractivity (Wildman–Crippen MR) is 70.1 cm³/mol. The van der Waals surface area contributed by atoms with Gasteiger partial charge in [-0.25, -0.2) is 0 Å². The number of H-pyrrole nitrogens is 1. The molecule has 0 bridgehead atoms. The lowest BCUT2D eigenvalue weighted by atomic mass is 10.1. The second-order valence-electron chi connectivity index (χ2n) is 3.79. The molecule has 1 aromatic heterocycles. The van der Waals surface area contributed by atoms with Crippen LogP contribution in [0.5, 0.6) is 0 Å². The van der Waals surface area contributed by atoms with Crippen LogP contribution >= 0.6 is 12.2 Å². The van der Waals surface area contributed by atoms with Crippen molar-refractivity contribution >= 4 is 22.9 Å². The number of nitrogens with one attached hydrogen (secondary N) is 2. The van der Waals surface area contributed by atoms with Crippen molar-refractivity contribution < 1.29 is 13.2 Å². The molecule has 102 valence electrons. The van der Waals surface area contributed by atoms with Gasteiger partial charge in [0.2, 0.25) is 0 Å². The number of rotatable bonds is 2. The number of hydrogen-bond acceptors (Lipinski definition) is 3. The predicted octanol–water partition coefficient (Wildman–Crippen LogP) is 3.09. The highest BCUT2D eigenvalue weighted by atomic mass is 32.1. The number of alkyl halides is 3. The third-order valence-corrected chi connectivity index (χ3v) is 2.77. The zero-order valence-electron chi connectivity index (χ0n) is 9.82. The number of hydrogen-bond donors (Lipinski definition) is 2. The van der Waals surface area contributed by atoms with Gasteiger partial charge in [0, 0.05) is 11.9 Å². The summed E-state index contributed by atoms with van der Waals surface area (Å²) in [4.78, 5) is 0.209. The standard InChI is InChI=1S/C12H7F3N4S/c13-12(14,15)9-5-8(2-1-7(9)6-16)18-11(20)10-3-4-17-19-10/h1-5H,(H,17,19)(H,18,20). The van der Waals surface area contributed by atoms with Crippen molar-refractivity contribution in [3.05, 3.63) is 47.3 Å². The average Bonchev–Trinajstić information content (AvgIpc) is 2.91. The zero-order chi connectivity index (χ0) is 14.8. The van der Waals surface area contributed by atoms with Gasteiger partial charge in [0.05, 0.1) is 22.9 Å². The van der Waals surface area contributed by atoms with E-state index in [1.807, 2.05) is 0 Å². The molecule has 8 heteroatoms. The Morgan fingerprint density at radius 2 is 2.10 bits per heavy atom. The molecule has 0 radical (unpaired) electrons. The van der Waals surface area contributed by atoms with Crippen LogP contribution in [0.25, 0.3) is 0 Å². The van der Waals surface area contributed by atoms with Crippen molar-refractivity contribution in [1.29, 1.82) is 5.26 Å². The SMILES string of the molecule is N#Cc1ccc(NC(=S)c2ccn[nH]2)cc1C(F)(F)F. The molecule has 0 amide bonds. The molecule has 0 aliphatic rings. The highest BCUT2D eigenvalue weighted by Crippen LogP contribution is 2.33. The van der Waals surface area contributed by atoms with Gasteiger partial charge in [-0.1, -0.05) is 12.2 Å². The Bertz CT molecular complexity index is 671. The lowest BCUT2D eigenvalue weighted by Gasteiger charge is -2.12. The summed E-state index contributed by atoms with van der Waals surface area (Å²) in [7, 11) is 0. The summed E-state index contributed by atoms with van der Waals surface area (Å²) in [5, 5.41) is 17.6. The molecule has 4 nitrogen and oxygen atoms in total. The van der Waals surface area contributed by atoms with Crippen LogP contribution < -0.4 is 5.32 Å². The Hall–Kier alpha value is -2.40. The Morgan fingerprint density at radius 1 is 1.35 bits per heavy atom. The Balaban J connectivity index is 2.31. The molecule has 2 rings (SSSR count). The summed E-state index contributed by atoms with van der Waals surface area (Å²) in [6.07, 6.45) is -3.12. The quantitative estimate of drug-likeness (QED) is 0.836. The third-order valence-electron chi connectivity index (χ3n) is 2.45. The Labute approximate surface area is 117 Å². The first-order valence-electron chi connectivity index (χ1n) is 5.34. The van der Waals surface area contributed by atoms with Crippen LogP contribution in [-0.4, -0.2) is 15.2 Å². The molecule has 20 heavy (non-hydrogen) atoms. The molecule has 0 spiro atoms. The maximum atomic E-state index is 12.8. The molecule has 0 fully saturated rings. The van der Waals surface area contributed by atoms with Crippen molar-refractivity contribution in [2.24, 2.45) is 0 Å². The van der Waals surface area contributed by atoms with Crippen molar-refractivity contribution in [3.63, 3.8) is 0 Å². The minimum Gasteiger partial charge on any atom is -0.345 e. The lowest BCUT2D eigenvalue weighted by molar-refractivity contribution is -0.137. The normalized spacial score (nSPS) is 10.9. The zero-order valence-corrected chi connectivity index (χ0v) is 10.6. The first-order valence-corrected chi connectivity index (χ1v) is 5.74. The summed E-state index contributed by atoms with van der Waals surface area (Å²) < 4.78 is 38.4. The minimum atomic E-state index is -4.60. The number of nitrogens with zero attached hydrogens (tertiary/aromatic N) is 2. The molecule has 2 N–H and O–H groups in total. The molecule has 0 saturated carbocycles. The molecular formula is C12H7F3N4S. The van der Waals surface area contributed by atoms with Gasteiger partial charge in [-0.3, -0.25) is 5.10 Å². The summed E-state index contributed by atoms with van der Waals surface area (Å²) >= 11 is 5.03. The summed E-state index contributed by atoms with van der Waals surface area (Å²) in [5.41, 5.74) is -0.804. The third kappa shape index (κ3) is 2.95. The number of aromatic nitrogens is 2. The van der Waals surface area contributed by atoms with E-state index in [2.05, 4.69) is 15.5 Å². The maximum Gasteiger partial charge on any atom is 0.417 e. The Morgan fingerprint density at radius 3 is 2.65 bits per heavy atom. The van der Waals surface area contributed by atoms with Gasteiger partial charge in [0.1, 0.15) is 4.99 Å². The number of aromatic amines is 1. The largest absolute Gasteiger partial charge is 0.417 e. The van der Waals surface area contributed by atoms with E-state index in [9.17, 15) is 13.2 Å². The molecule has 0 saturated heterocycles. The molecule has 0 aliphatic carbocycles. The van der Waals surface area contributed by atoms with Crippen molar-refractivity contribution in [3.8, 4) is 6.07 Å². The van der Waals surface area contributed by atoms with E-state index in [1.165, 1.54) is 18.3 Å². The average molecular weight is 296 g/mol. The number of thiocarbonyl (C=S) groups is 1. The van der Waals surface area contributed by atoms with Crippen LogP contribution in [0.3, 0.4) is 0 Å². The van der Waals surface area contributed by atoms with Gasteiger partial charge < -0.3 is 5.32 Å². The van der Waals surface area contributed by atoms with Crippen molar-refractivity contribution in [1.82, 2.24) is 10.2 Å². The topological polar surface area (TPSA) is 64.5 Å². The highest BCUT2D eigenvalue weighted by Gasteiger charge is 2.33. The van der Waals surface area contributed by atoms with Crippen LogP contribution in [-0.2, 0) is 6.18 Å². The fourth-order valence-corrected chi connectivity index (χ4v) is 1.77. The van der Waals surface area contributed by atoms with Gasteiger partial charge in [-0.15, -0.1) is 0 Å². The van der Waals surface area contributed by atoms with E-state index >= 15 is 0 Å². The monoisotopic (exact) mass is 296 g/mol. The smallest absolute Gasteiger partial charge is 0.345 e. The van der Waals surface area contributed by atoms with E-state index < -0.39 is 17.3 Å². The van der Waals surface area contributed by atoms with E-state index in [0.29, 0.717) is 5.69 Å². The Kier molecular flexibility index (Phi) is 3.72. The van der Waals surface area contributed by atoms with Crippen LogP contribution in [0, 0.1) is 11.3 Å². The van der Waals surface area contributed by atoms with Crippen LogP contribution in [0.15, 0.2) is 30.5 Å². The molecular weight excluding hydrogens is 289 g/mol. The lowest BCUT2D eigenvalue weighted by Crippen LogP contribution is -2.13. The van der Waals surface area contributed by atoms with E-state index in [4.69, 9.17) is 17.5 Å². The number of nitriles is 1. The summed E-state index contributed by atoms with van der Waals surface area (Å²) in [6, 6.07) is 6.40. The van der Waals surface area contributed by atoms with Gasteiger partial charge in [0.15, 0.2) is 0 Å². The first-order chi connectivity index (χ1) is 9.41. The fraction of sp³-hybridized carbons (Fsp3) is 0.0833. The molecule has 0 aliphatic heterocycles. The minimum absolute atomic E-state index is 0.149. The molecule has 0 atom stereocenters. The van der Waals surface area contributed by atoms with Crippen LogP contribution in [0.2, 0.25) is 0 Å². The fourth-order valence-electron chi connectivity index (χ4n) is 1.53. The van der Waals surface area contributed by atoms with Crippen LogP contribution in [0.4, 0.5) is 18.9 Å². The molecule has 2 aromatic rings. The van der Waals surface area contributed by atoms with Crippen molar-refractivity contribution in [2.45, 2.75) is 6.18 Å². The number of benzene rings is 1. The van der Waals surface area contributed by atoms with Gasteiger partial charge in [0.25, 0.3) is 0 Å². The van der Waals surface area contributed by atoms with E-state index in [1.54, 1.807) is 6.07 Å². The summed E-state index contributed by atoms with van der Waals surface area (Å²) in [5.74, 6) is 0. The highest BCUT2D eigenvalue weighted by molar-refractivity contribution is 7.81. The molecule has 0 unspecified atom stereocenters. The van der Waals surface area contributed by atoms with Gasteiger partial charge in [-0.2, -0.15) is 23.5 Å².